The zero-order valence-electron chi connectivity index (χ0n) is 10.3. The Morgan fingerprint density at radius 2 is 2.14 bits per heavy atom. The molecule has 2 N–H and O–H groups in total. The molecule has 0 amide bonds. The van der Waals surface area contributed by atoms with Gasteiger partial charge in [-0.3, -0.25) is 4.79 Å². The predicted molar refractivity (Wildman–Crippen MR) is 42.8 cm³/mol. The molecule has 0 atom stereocenters. The van der Waals surface area contributed by atoms with Gasteiger partial charge in [0.1, 0.15) is 5.75 Å². The van der Waals surface area contributed by atoms with Crippen molar-refractivity contribution in [2.75, 3.05) is 7.11 Å². The summed E-state index contributed by atoms with van der Waals surface area (Å²) in [4.78, 5) is 23.7. The van der Waals surface area contributed by atoms with Gasteiger partial charge in [0, 0.05) is 6.20 Å². The van der Waals surface area contributed by atoms with Crippen molar-refractivity contribution in [3.63, 3.8) is 0 Å². The van der Waals surface area contributed by atoms with Crippen LogP contribution in [0.2, 0.25) is 0 Å². The quantitative estimate of drug-likeness (QED) is 0.450. The molecule has 5 nitrogen and oxygen atoms in total. The number of hydrogen-bond acceptors (Lipinski definition) is 3. The Hall–Kier alpha value is -0.585. The molecular weight excluding hydrogens is 176 g/mol. The van der Waals surface area contributed by atoms with E-state index >= 15 is 0 Å². The van der Waals surface area contributed by atoms with Crippen molar-refractivity contribution in [3.8, 4) is 5.75 Å². The van der Waals surface area contributed by atoms with E-state index in [9.17, 15) is 9.59 Å². The first kappa shape index (κ1) is 15.9. The standard InChI is InChI=1S/C7H7NO4.2Li.2H/c1-12-4-2-3-8-6(9)5(4)7(10)11;;;;/h2-3H,1H3,(H,8,9)(H,10,11);;;;/q;2*+1;2*-1. The van der Waals surface area contributed by atoms with Crippen molar-refractivity contribution in [2.24, 2.45) is 0 Å². The van der Waals surface area contributed by atoms with Crippen LogP contribution in [0.15, 0.2) is 17.1 Å². The summed E-state index contributed by atoms with van der Waals surface area (Å²) in [6.07, 6.45) is 1.33. The zero-order chi connectivity index (χ0) is 9.14. The van der Waals surface area contributed by atoms with Gasteiger partial charge in [-0.05, 0) is 6.07 Å². The van der Waals surface area contributed by atoms with Gasteiger partial charge in [0.25, 0.3) is 5.56 Å². The number of H-pyrrole nitrogens is 1. The molecule has 0 aliphatic heterocycles. The summed E-state index contributed by atoms with van der Waals surface area (Å²) in [6, 6.07) is 1.38. The van der Waals surface area contributed by atoms with Gasteiger partial charge in [-0.1, -0.05) is 0 Å². The van der Waals surface area contributed by atoms with Crippen LogP contribution in [0.1, 0.15) is 13.2 Å². The van der Waals surface area contributed by atoms with Gasteiger partial charge in [0.15, 0.2) is 5.56 Å². The normalized spacial score (nSPS) is 8.07. The summed E-state index contributed by atoms with van der Waals surface area (Å²) in [5, 5.41) is 8.58. The molecule has 0 bridgehead atoms. The molecule has 0 aliphatic carbocycles. The first-order valence-corrected chi connectivity index (χ1v) is 3.15. The average Bonchev–Trinajstić information content (AvgIpc) is 2.03. The number of aromatic nitrogens is 1. The first-order chi connectivity index (χ1) is 5.66. The van der Waals surface area contributed by atoms with Gasteiger partial charge in [-0.2, -0.15) is 0 Å². The molecular formula is C7H9Li2NO4. The maximum absolute atomic E-state index is 10.9. The molecule has 0 aromatic carbocycles. The van der Waals surface area contributed by atoms with Crippen LogP contribution in [0.25, 0.3) is 0 Å². The average molecular weight is 185 g/mol. The molecule has 0 radical (unpaired) electrons. The molecule has 0 spiro atoms. The molecule has 0 unspecified atom stereocenters. The van der Waals surface area contributed by atoms with Crippen LogP contribution in [0, 0.1) is 0 Å². The minimum atomic E-state index is -1.30. The number of hydrogen-bond donors (Lipinski definition) is 2. The van der Waals surface area contributed by atoms with E-state index in [0.717, 1.165) is 0 Å². The Morgan fingerprint density at radius 1 is 1.57 bits per heavy atom. The minimum Gasteiger partial charge on any atom is -1.00 e. The van der Waals surface area contributed by atoms with E-state index in [-0.39, 0.29) is 51.9 Å². The van der Waals surface area contributed by atoms with E-state index < -0.39 is 11.5 Å². The SMILES string of the molecule is COc1cc[nH]c(=O)c1C(=O)O.[H-].[H-].[Li+].[Li+]. The summed E-state index contributed by atoms with van der Waals surface area (Å²) in [5.74, 6) is -1.24. The van der Waals surface area contributed by atoms with E-state index in [1.165, 1.54) is 19.4 Å². The number of rotatable bonds is 2. The second-order valence-electron chi connectivity index (χ2n) is 2.06. The fourth-order valence-corrected chi connectivity index (χ4v) is 0.833. The van der Waals surface area contributed by atoms with Crippen LogP contribution in [0.5, 0.6) is 5.75 Å². The Labute approximate surface area is 107 Å². The first-order valence-electron chi connectivity index (χ1n) is 3.15. The molecule has 0 aliphatic rings. The number of nitrogens with one attached hydrogen (secondary N) is 1. The monoisotopic (exact) mass is 185 g/mol. The van der Waals surface area contributed by atoms with Gasteiger partial charge in [0.2, 0.25) is 0 Å². The van der Waals surface area contributed by atoms with Crippen molar-refractivity contribution in [3.05, 3.63) is 28.2 Å². The molecule has 1 aromatic heterocycles. The minimum absolute atomic E-state index is 0. The van der Waals surface area contributed by atoms with E-state index in [1.54, 1.807) is 0 Å². The molecule has 68 valence electrons. The van der Waals surface area contributed by atoms with Crippen LogP contribution in [0.3, 0.4) is 0 Å². The summed E-state index contributed by atoms with van der Waals surface area (Å²) >= 11 is 0. The van der Waals surface area contributed by atoms with Crippen LogP contribution >= 0.6 is 0 Å². The Balaban J connectivity index is -0.000000180. The third-order valence-electron chi connectivity index (χ3n) is 1.36. The maximum atomic E-state index is 10.9. The van der Waals surface area contributed by atoms with E-state index in [1.807, 2.05) is 0 Å². The van der Waals surface area contributed by atoms with Crippen LogP contribution in [-0.2, 0) is 0 Å². The molecule has 1 rings (SSSR count). The number of ether oxygens (including phenoxy) is 1. The van der Waals surface area contributed by atoms with Crippen molar-refractivity contribution < 1.29 is 55.2 Å². The second-order valence-corrected chi connectivity index (χ2v) is 2.06. The smallest absolute Gasteiger partial charge is 1.00 e. The van der Waals surface area contributed by atoms with Gasteiger partial charge in [-0.25, -0.2) is 4.79 Å². The maximum Gasteiger partial charge on any atom is 1.00 e. The largest absolute Gasteiger partial charge is 1.00 e. The van der Waals surface area contributed by atoms with E-state index in [0.29, 0.717) is 0 Å². The van der Waals surface area contributed by atoms with Crippen molar-refractivity contribution in [2.45, 2.75) is 0 Å². The molecule has 7 heteroatoms. The van der Waals surface area contributed by atoms with E-state index in [2.05, 4.69) is 9.72 Å². The molecule has 0 saturated carbocycles. The Morgan fingerprint density at radius 3 is 2.50 bits per heavy atom. The summed E-state index contributed by atoms with van der Waals surface area (Å²) in [7, 11) is 1.31. The number of aromatic carboxylic acids is 1. The number of carbonyl (C=O) groups is 1. The topological polar surface area (TPSA) is 79.4 Å². The third-order valence-corrected chi connectivity index (χ3v) is 1.36. The van der Waals surface area contributed by atoms with Crippen molar-refractivity contribution >= 4 is 5.97 Å². The van der Waals surface area contributed by atoms with Crippen LogP contribution in [-0.4, -0.2) is 23.2 Å². The summed E-state index contributed by atoms with van der Waals surface area (Å²) in [6.45, 7) is 0. The van der Waals surface area contributed by atoms with E-state index in [4.69, 9.17) is 5.11 Å². The number of pyridine rings is 1. The fourth-order valence-electron chi connectivity index (χ4n) is 0.833. The summed E-state index contributed by atoms with van der Waals surface area (Å²) < 4.78 is 4.69. The predicted octanol–water partition coefficient (Wildman–Crippen LogP) is -5.69. The summed E-state index contributed by atoms with van der Waals surface area (Å²) in [5.41, 5.74) is -1.04. The van der Waals surface area contributed by atoms with Gasteiger partial charge >= 0.3 is 43.7 Å². The third kappa shape index (κ3) is 3.28. The zero-order valence-corrected chi connectivity index (χ0v) is 8.33. The fraction of sp³-hybridized carbons (Fsp3) is 0.143. The van der Waals surface area contributed by atoms with Crippen LogP contribution < -0.4 is 48.0 Å². The van der Waals surface area contributed by atoms with Gasteiger partial charge < -0.3 is 17.7 Å². The second kappa shape index (κ2) is 6.81. The molecule has 0 fully saturated rings. The van der Waals surface area contributed by atoms with Crippen molar-refractivity contribution in [1.82, 2.24) is 4.98 Å². The molecule has 14 heavy (non-hydrogen) atoms. The van der Waals surface area contributed by atoms with Gasteiger partial charge in [0.05, 0.1) is 7.11 Å². The molecule has 0 saturated heterocycles. The van der Waals surface area contributed by atoms with Crippen LogP contribution in [0.4, 0.5) is 0 Å². The number of methoxy groups -OCH3 is 1. The Kier molecular flexibility index (Phi) is 7.72. The van der Waals surface area contributed by atoms with Gasteiger partial charge in [-0.15, -0.1) is 0 Å². The number of aromatic amines is 1. The molecule has 1 heterocycles. The molecule has 1 aromatic rings. The number of carboxylic acids is 1. The number of carboxylic acid groups (broad SMARTS) is 1. The Bertz CT molecular complexity index is 372. The van der Waals surface area contributed by atoms with Crippen molar-refractivity contribution in [1.29, 1.82) is 0 Å².